The summed E-state index contributed by atoms with van der Waals surface area (Å²) in [6, 6.07) is 14.6. The van der Waals surface area contributed by atoms with Crippen LogP contribution in [0.3, 0.4) is 0 Å². The van der Waals surface area contributed by atoms with Crippen LogP contribution in [0.2, 0.25) is 0 Å². The molecule has 4 atom stereocenters. The first kappa shape index (κ1) is 19.3. The molecule has 0 spiro atoms. The molecule has 6 nitrogen and oxygen atoms in total. The monoisotopic (exact) mass is 392 g/mol. The van der Waals surface area contributed by atoms with Crippen LogP contribution in [0, 0.1) is 25.7 Å². The summed E-state index contributed by atoms with van der Waals surface area (Å²) in [7, 11) is 1.29. The maximum atomic E-state index is 13.4. The molecule has 2 heterocycles. The van der Waals surface area contributed by atoms with E-state index in [1.54, 1.807) is 19.1 Å². The van der Waals surface area contributed by atoms with E-state index >= 15 is 0 Å². The maximum Gasteiger partial charge on any atom is 0.326 e. The molecule has 0 saturated carbocycles. The van der Waals surface area contributed by atoms with E-state index in [4.69, 9.17) is 4.74 Å². The van der Waals surface area contributed by atoms with Crippen molar-refractivity contribution in [2.24, 2.45) is 11.8 Å². The predicted octanol–water partition coefficient (Wildman–Crippen LogP) is 2.69. The molecule has 2 fully saturated rings. The summed E-state index contributed by atoms with van der Waals surface area (Å²) in [5.41, 5.74) is 2.22. The number of benzene rings is 2. The van der Waals surface area contributed by atoms with Gasteiger partial charge in [0.05, 0.1) is 24.6 Å². The van der Waals surface area contributed by atoms with Gasteiger partial charge in [-0.1, -0.05) is 47.5 Å². The van der Waals surface area contributed by atoms with E-state index in [0.717, 1.165) is 16.7 Å². The van der Waals surface area contributed by atoms with Crippen molar-refractivity contribution in [1.29, 1.82) is 0 Å². The van der Waals surface area contributed by atoms with Crippen molar-refractivity contribution >= 4 is 23.5 Å². The van der Waals surface area contributed by atoms with Crippen molar-refractivity contribution in [3.05, 3.63) is 65.2 Å². The highest BCUT2D eigenvalue weighted by Gasteiger charge is 2.67. The van der Waals surface area contributed by atoms with Crippen molar-refractivity contribution in [3.8, 4) is 0 Å². The molecule has 2 aromatic carbocycles. The Morgan fingerprint density at radius 1 is 0.966 bits per heavy atom. The average molecular weight is 392 g/mol. The van der Waals surface area contributed by atoms with Crippen molar-refractivity contribution in [2.45, 2.75) is 32.4 Å². The smallest absolute Gasteiger partial charge is 0.326 e. The van der Waals surface area contributed by atoms with E-state index < -0.39 is 29.4 Å². The number of anilines is 1. The number of fused-ring (bicyclic) bond motifs is 1. The minimum atomic E-state index is -1.29. The summed E-state index contributed by atoms with van der Waals surface area (Å²) in [6.45, 7) is 5.57. The van der Waals surface area contributed by atoms with Crippen LogP contribution in [0.1, 0.15) is 29.7 Å². The third-order valence-corrected chi connectivity index (χ3v) is 6.13. The molecule has 29 heavy (non-hydrogen) atoms. The SMILES string of the molecule is COC(=O)[C@@]1(C)N[C@@H](c2ccc(C)cc2)[C@H]2C(=O)N(c3ccc(C)cc3)C(=O)[C@H]21. The molecular weight excluding hydrogens is 368 g/mol. The number of rotatable bonds is 3. The molecule has 4 rings (SSSR count). The zero-order chi connectivity index (χ0) is 20.9. The number of nitrogens with zero attached hydrogens (tertiary/aromatic N) is 1. The number of nitrogens with one attached hydrogen (secondary N) is 1. The van der Waals surface area contributed by atoms with Gasteiger partial charge in [-0.25, -0.2) is 4.90 Å². The van der Waals surface area contributed by atoms with Gasteiger partial charge in [-0.05, 0) is 38.5 Å². The Morgan fingerprint density at radius 3 is 2.07 bits per heavy atom. The number of hydrogen-bond donors (Lipinski definition) is 1. The maximum absolute atomic E-state index is 13.4. The summed E-state index contributed by atoms with van der Waals surface area (Å²) in [5, 5.41) is 3.25. The van der Waals surface area contributed by atoms with Crippen molar-refractivity contribution < 1.29 is 19.1 Å². The first-order valence-corrected chi connectivity index (χ1v) is 9.65. The van der Waals surface area contributed by atoms with E-state index in [1.165, 1.54) is 12.0 Å². The Labute approximate surface area is 169 Å². The van der Waals surface area contributed by atoms with Gasteiger partial charge < -0.3 is 4.74 Å². The molecule has 0 bridgehead atoms. The predicted molar refractivity (Wildman–Crippen MR) is 108 cm³/mol. The number of carbonyl (C=O) groups excluding carboxylic acids is 3. The molecule has 0 aromatic heterocycles. The number of ether oxygens (including phenoxy) is 1. The topological polar surface area (TPSA) is 75.7 Å². The molecule has 0 radical (unpaired) electrons. The fourth-order valence-corrected chi connectivity index (χ4v) is 4.55. The van der Waals surface area contributed by atoms with Gasteiger partial charge in [-0.15, -0.1) is 0 Å². The van der Waals surface area contributed by atoms with Crippen molar-refractivity contribution in [2.75, 3.05) is 12.0 Å². The van der Waals surface area contributed by atoms with Crippen LogP contribution in [0.15, 0.2) is 48.5 Å². The summed E-state index contributed by atoms with van der Waals surface area (Å²) in [5.74, 6) is -2.74. The van der Waals surface area contributed by atoms with Gasteiger partial charge in [0.15, 0.2) is 0 Å². The van der Waals surface area contributed by atoms with Crippen LogP contribution in [-0.4, -0.2) is 30.4 Å². The van der Waals surface area contributed by atoms with Gasteiger partial charge in [-0.3, -0.25) is 19.7 Å². The standard InChI is InChI=1S/C23H24N2O4/c1-13-5-9-15(10-6-13)19-17-18(23(3,24-19)22(28)29-4)21(27)25(20(17)26)16-11-7-14(2)8-12-16/h5-12,17-19,24H,1-4H3/t17-,18-,19-,23-/m0/s1. The molecule has 0 unspecified atom stereocenters. The molecule has 2 saturated heterocycles. The highest BCUT2D eigenvalue weighted by atomic mass is 16.5. The largest absolute Gasteiger partial charge is 0.468 e. The third kappa shape index (κ3) is 2.86. The third-order valence-electron chi connectivity index (χ3n) is 6.13. The Balaban J connectivity index is 1.81. The lowest BCUT2D eigenvalue weighted by Crippen LogP contribution is -2.54. The van der Waals surface area contributed by atoms with Crippen LogP contribution in [-0.2, 0) is 19.1 Å². The number of carbonyl (C=O) groups is 3. The Bertz CT molecular complexity index is 983. The fourth-order valence-electron chi connectivity index (χ4n) is 4.55. The summed E-state index contributed by atoms with van der Waals surface area (Å²) >= 11 is 0. The lowest BCUT2D eigenvalue weighted by molar-refractivity contribution is -0.151. The van der Waals surface area contributed by atoms with Gasteiger partial charge in [0.2, 0.25) is 11.8 Å². The van der Waals surface area contributed by atoms with Gasteiger partial charge in [0.1, 0.15) is 5.54 Å². The van der Waals surface area contributed by atoms with Gasteiger partial charge in [0.25, 0.3) is 0 Å². The first-order valence-electron chi connectivity index (χ1n) is 9.65. The lowest BCUT2D eigenvalue weighted by atomic mass is 9.80. The molecule has 2 aliphatic heterocycles. The zero-order valence-corrected chi connectivity index (χ0v) is 16.9. The number of hydrogen-bond acceptors (Lipinski definition) is 5. The van der Waals surface area contributed by atoms with Crippen LogP contribution in [0.4, 0.5) is 5.69 Å². The van der Waals surface area contributed by atoms with E-state index in [9.17, 15) is 14.4 Å². The minimum Gasteiger partial charge on any atom is -0.468 e. The van der Waals surface area contributed by atoms with Crippen LogP contribution in [0.25, 0.3) is 0 Å². The Hall–Kier alpha value is -2.99. The molecule has 2 amide bonds. The summed E-state index contributed by atoms with van der Waals surface area (Å²) in [6.07, 6.45) is 0. The molecular formula is C23H24N2O4. The van der Waals surface area contributed by atoms with Gasteiger partial charge in [0, 0.05) is 6.04 Å². The van der Waals surface area contributed by atoms with Gasteiger partial charge in [-0.2, -0.15) is 0 Å². The van der Waals surface area contributed by atoms with Crippen LogP contribution >= 0.6 is 0 Å². The highest BCUT2D eigenvalue weighted by molar-refractivity contribution is 6.24. The normalized spacial score (nSPS) is 28.6. The number of imide groups is 1. The van der Waals surface area contributed by atoms with E-state index in [1.807, 2.05) is 50.2 Å². The second-order valence-corrected chi connectivity index (χ2v) is 8.08. The molecule has 0 aliphatic carbocycles. The Kier molecular flexibility index (Phi) is 4.54. The van der Waals surface area contributed by atoms with Crippen LogP contribution in [0.5, 0.6) is 0 Å². The van der Waals surface area contributed by atoms with Crippen molar-refractivity contribution in [1.82, 2.24) is 5.32 Å². The quantitative estimate of drug-likeness (QED) is 0.642. The molecule has 1 N–H and O–H groups in total. The lowest BCUT2D eigenvalue weighted by Gasteiger charge is -2.28. The number of amides is 2. The molecule has 6 heteroatoms. The summed E-state index contributed by atoms with van der Waals surface area (Å²) in [4.78, 5) is 40.8. The second kappa shape index (κ2) is 6.81. The summed E-state index contributed by atoms with van der Waals surface area (Å²) < 4.78 is 5.01. The average Bonchev–Trinajstić information content (AvgIpc) is 3.17. The van der Waals surface area contributed by atoms with E-state index in [2.05, 4.69) is 5.32 Å². The number of esters is 1. The van der Waals surface area contributed by atoms with E-state index in [0.29, 0.717) is 5.69 Å². The fraction of sp³-hybridized carbons (Fsp3) is 0.348. The minimum absolute atomic E-state index is 0.297. The Morgan fingerprint density at radius 2 is 1.52 bits per heavy atom. The highest BCUT2D eigenvalue weighted by Crippen LogP contribution is 2.49. The number of methoxy groups -OCH3 is 1. The molecule has 150 valence electrons. The van der Waals surface area contributed by atoms with E-state index in [-0.39, 0.29) is 11.8 Å². The first-order chi connectivity index (χ1) is 13.8. The zero-order valence-electron chi connectivity index (χ0n) is 16.9. The van der Waals surface area contributed by atoms with Gasteiger partial charge >= 0.3 is 5.97 Å². The number of aryl methyl sites for hydroxylation is 2. The van der Waals surface area contributed by atoms with Crippen LogP contribution < -0.4 is 10.2 Å². The second-order valence-electron chi connectivity index (χ2n) is 8.08. The molecule has 2 aliphatic rings. The molecule has 2 aromatic rings. The van der Waals surface area contributed by atoms with Crippen molar-refractivity contribution in [3.63, 3.8) is 0 Å².